The number of aryl methyl sites for hydroxylation is 1. The minimum Gasteiger partial charge on any atom is -0.311 e. The van der Waals surface area contributed by atoms with Gasteiger partial charge in [-0.1, -0.05) is 6.42 Å². The highest BCUT2D eigenvalue weighted by Gasteiger charge is 2.24. The highest BCUT2D eigenvalue weighted by Crippen LogP contribution is 2.19. The zero-order chi connectivity index (χ0) is 14.6. The van der Waals surface area contributed by atoms with E-state index in [1.807, 2.05) is 10.9 Å². The largest absolute Gasteiger partial charge is 0.311 e. The third-order valence-corrected chi connectivity index (χ3v) is 4.01. The van der Waals surface area contributed by atoms with Crippen LogP contribution in [0.2, 0.25) is 0 Å². The molecule has 0 spiro atoms. The molecule has 20 heavy (non-hydrogen) atoms. The van der Waals surface area contributed by atoms with Gasteiger partial charge in [-0.25, -0.2) is 0 Å². The number of nitrogens with one attached hydrogen (secondary N) is 1. The number of piperidine rings is 1. The lowest BCUT2D eigenvalue weighted by Crippen LogP contribution is -2.49. The first-order valence-corrected chi connectivity index (χ1v) is 7.98. The summed E-state index contributed by atoms with van der Waals surface area (Å²) in [7, 11) is 0. The van der Waals surface area contributed by atoms with Gasteiger partial charge in [0.1, 0.15) is 0 Å². The van der Waals surface area contributed by atoms with Crippen molar-refractivity contribution in [3.05, 3.63) is 18.0 Å². The topological polar surface area (TPSA) is 33.1 Å². The summed E-state index contributed by atoms with van der Waals surface area (Å²) in [5, 5.41) is 8.05. The van der Waals surface area contributed by atoms with Crippen LogP contribution in [0.3, 0.4) is 0 Å². The lowest BCUT2D eigenvalue weighted by atomic mass is 10.00. The van der Waals surface area contributed by atoms with Gasteiger partial charge in [-0.2, -0.15) is 5.10 Å². The van der Waals surface area contributed by atoms with E-state index in [0.717, 1.165) is 19.6 Å². The van der Waals surface area contributed by atoms with Crippen LogP contribution in [0.15, 0.2) is 12.4 Å². The monoisotopic (exact) mass is 278 g/mol. The Labute approximate surface area is 123 Å². The fourth-order valence-corrected chi connectivity index (χ4v) is 2.82. The smallest absolute Gasteiger partial charge is 0.0534 e. The van der Waals surface area contributed by atoms with Crippen molar-refractivity contribution in [2.45, 2.75) is 71.6 Å². The van der Waals surface area contributed by atoms with E-state index in [9.17, 15) is 0 Å². The van der Waals surface area contributed by atoms with Crippen LogP contribution in [-0.4, -0.2) is 39.4 Å². The number of likely N-dealkylation sites (tertiary alicyclic amines) is 1. The molecule has 1 aliphatic heterocycles. The highest BCUT2D eigenvalue weighted by molar-refractivity contribution is 5.04. The van der Waals surface area contributed by atoms with Crippen molar-refractivity contribution in [1.82, 2.24) is 20.0 Å². The molecule has 2 rings (SSSR count). The van der Waals surface area contributed by atoms with Gasteiger partial charge >= 0.3 is 0 Å². The third kappa shape index (κ3) is 4.60. The summed E-state index contributed by atoms with van der Waals surface area (Å²) < 4.78 is 2.02. The quantitative estimate of drug-likeness (QED) is 0.899. The number of aromatic nitrogens is 2. The average molecular weight is 278 g/mol. The standard InChI is InChI=1S/C16H30N4/c1-5-20-13-14(10-18-20)12-19-9-7-6-8-15(19)11-17-16(2,3)4/h10,13,15,17H,5-9,11-12H2,1-4H3. The van der Waals surface area contributed by atoms with Crippen molar-refractivity contribution in [2.24, 2.45) is 0 Å². The fourth-order valence-electron chi connectivity index (χ4n) is 2.82. The molecule has 4 nitrogen and oxygen atoms in total. The fraction of sp³-hybridized carbons (Fsp3) is 0.812. The summed E-state index contributed by atoms with van der Waals surface area (Å²) >= 11 is 0. The molecule has 0 aromatic carbocycles. The van der Waals surface area contributed by atoms with Crippen LogP contribution >= 0.6 is 0 Å². The molecule has 114 valence electrons. The maximum Gasteiger partial charge on any atom is 0.0534 e. The van der Waals surface area contributed by atoms with Crippen LogP contribution in [0.1, 0.15) is 52.5 Å². The maximum atomic E-state index is 4.38. The summed E-state index contributed by atoms with van der Waals surface area (Å²) in [6.07, 6.45) is 8.20. The van der Waals surface area contributed by atoms with Crippen molar-refractivity contribution < 1.29 is 0 Å². The Kier molecular flexibility index (Phi) is 5.22. The van der Waals surface area contributed by atoms with E-state index in [1.54, 1.807) is 0 Å². The summed E-state index contributed by atoms with van der Waals surface area (Å²) in [5.41, 5.74) is 1.55. The van der Waals surface area contributed by atoms with Gasteiger partial charge in [0.2, 0.25) is 0 Å². The van der Waals surface area contributed by atoms with Crippen molar-refractivity contribution in [2.75, 3.05) is 13.1 Å². The second-order valence-corrected chi connectivity index (χ2v) is 6.96. The second-order valence-electron chi connectivity index (χ2n) is 6.96. The zero-order valence-electron chi connectivity index (χ0n) is 13.5. The maximum absolute atomic E-state index is 4.38. The Bertz CT molecular complexity index is 405. The lowest BCUT2D eigenvalue weighted by molar-refractivity contribution is 0.131. The van der Waals surface area contributed by atoms with E-state index in [1.165, 1.54) is 31.4 Å². The van der Waals surface area contributed by atoms with Gasteiger partial charge in [0.25, 0.3) is 0 Å². The van der Waals surface area contributed by atoms with Gasteiger partial charge in [0.15, 0.2) is 0 Å². The molecule has 0 radical (unpaired) electrons. The molecule has 0 amide bonds. The Morgan fingerprint density at radius 2 is 2.15 bits per heavy atom. The van der Waals surface area contributed by atoms with Gasteiger partial charge in [-0.15, -0.1) is 0 Å². The molecular formula is C16H30N4. The zero-order valence-corrected chi connectivity index (χ0v) is 13.5. The number of hydrogen-bond donors (Lipinski definition) is 1. The summed E-state index contributed by atoms with van der Waals surface area (Å²) in [6, 6.07) is 0.660. The van der Waals surface area contributed by atoms with Crippen LogP contribution < -0.4 is 5.32 Å². The molecule has 1 fully saturated rings. The summed E-state index contributed by atoms with van der Waals surface area (Å²) in [4.78, 5) is 2.62. The van der Waals surface area contributed by atoms with Gasteiger partial charge < -0.3 is 5.32 Å². The summed E-state index contributed by atoms with van der Waals surface area (Å²) in [6.45, 7) is 13.2. The van der Waals surface area contributed by atoms with Crippen molar-refractivity contribution in [3.8, 4) is 0 Å². The van der Waals surface area contributed by atoms with Gasteiger partial charge in [-0.05, 0) is 47.1 Å². The van der Waals surface area contributed by atoms with E-state index in [4.69, 9.17) is 0 Å². The minimum atomic E-state index is 0.205. The minimum absolute atomic E-state index is 0.205. The number of hydrogen-bond acceptors (Lipinski definition) is 3. The first-order chi connectivity index (χ1) is 9.48. The average Bonchev–Trinajstić information content (AvgIpc) is 2.84. The highest BCUT2D eigenvalue weighted by atomic mass is 15.3. The predicted octanol–water partition coefficient (Wildman–Crippen LogP) is 2.65. The van der Waals surface area contributed by atoms with E-state index in [-0.39, 0.29) is 5.54 Å². The van der Waals surface area contributed by atoms with Crippen molar-refractivity contribution in [3.63, 3.8) is 0 Å². The normalized spacial score (nSPS) is 21.3. The molecule has 0 aliphatic carbocycles. The first-order valence-electron chi connectivity index (χ1n) is 7.98. The Morgan fingerprint density at radius 1 is 1.35 bits per heavy atom. The first kappa shape index (κ1) is 15.5. The molecule has 1 unspecified atom stereocenters. The molecule has 1 N–H and O–H groups in total. The van der Waals surface area contributed by atoms with Crippen LogP contribution in [0.4, 0.5) is 0 Å². The van der Waals surface area contributed by atoms with E-state index >= 15 is 0 Å². The van der Waals surface area contributed by atoms with Crippen LogP contribution in [0.25, 0.3) is 0 Å². The van der Waals surface area contributed by atoms with Crippen LogP contribution in [-0.2, 0) is 13.1 Å². The Balaban J connectivity index is 1.92. The van der Waals surface area contributed by atoms with E-state index in [0.29, 0.717) is 6.04 Å². The van der Waals surface area contributed by atoms with Crippen molar-refractivity contribution in [1.29, 1.82) is 0 Å². The van der Waals surface area contributed by atoms with Gasteiger partial charge in [0, 0.05) is 43.0 Å². The van der Waals surface area contributed by atoms with E-state index in [2.05, 4.69) is 49.2 Å². The molecular weight excluding hydrogens is 248 g/mol. The van der Waals surface area contributed by atoms with E-state index < -0.39 is 0 Å². The second kappa shape index (κ2) is 6.72. The third-order valence-electron chi connectivity index (χ3n) is 4.01. The molecule has 0 saturated carbocycles. The molecule has 1 saturated heterocycles. The Hall–Kier alpha value is -0.870. The number of nitrogens with zero attached hydrogens (tertiary/aromatic N) is 3. The number of rotatable bonds is 5. The summed E-state index contributed by atoms with van der Waals surface area (Å²) in [5.74, 6) is 0. The van der Waals surface area contributed by atoms with Crippen LogP contribution in [0, 0.1) is 0 Å². The molecule has 0 bridgehead atoms. The Morgan fingerprint density at radius 3 is 2.80 bits per heavy atom. The molecule has 1 aromatic heterocycles. The predicted molar refractivity (Wildman–Crippen MR) is 83.7 cm³/mol. The molecule has 1 aliphatic rings. The lowest BCUT2D eigenvalue weighted by Gasteiger charge is -2.37. The molecule has 4 heteroatoms. The van der Waals surface area contributed by atoms with Gasteiger partial charge in [0.05, 0.1) is 6.20 Å². The molecule has 1 atom stereocenters. The van der Waals surface area contributed by atoms with Crippen LogP contribution in [0.5, 0.6) is 0 Å². The molecule has 2 heterocycles. The van der Waals surface area contributed by atoms with Gasteiger partial charge in [-0.3, -0.25) is 9.58 Å². The SMILES string of the molecule is CCn1cc(CN2CCCCC2CNC(C)(C)C)cn1. The molecule has 1 aromatic rings. The van der Waals surface area contributed by atoms with Crippen molar-refractivity contribution >= 4 is 0 Å².